The normalized spacial score (nSPS) is 11.7. The molecule has 2 aromatic rings. The molecule has 0 fully saturated rings. The predicted molar refractivity (Wildman–Crippen MR) is 69.5 cm³/mol. The van der Waals surface area contributed by atoms with Gasteiger partial charge in [0.25, 0.3) is 0 Å². The van der Waals surface area contributed by atoms with Crippen molar-refractivity contribution in [1.29, 1.82) is 0 Å². The fourth-order valence-corrected chi connectivity index (χ4v) is 1.72. The van der Waals surface area contributed by atoms with E-state index in [1.54, 1.807) is 6.20 Å². The maximum Gasteiger partial charge on any atom is 0.123 e. The van der Waals surface area contributed by atoms with E-state index in [-0.39, 0.29) is 5.54 Å². The lowest BCUT2D eigenvalue weighted by atomic mass is 10.0. The lowest BCUT2D eigenvalue weighted by Crippen LogP contribution is -2.25. The number of hydrogen-bond donors (Lipinski definition) is 1. The molecule has 2 N–H and O–H groups in total. The van der Waals surface area contributed by atoms with Gasteiger partial charge in [0.2, 0.25) is 0 Å². The third kappa shape index (κ3) is 2.16. The van der Waals surface area contributed by atoms with E-state index in [0.717, 1.165) is 17.7 Å². The Labute approximate surface area is 102 Å². The molecule has 0 saturated heterocycles. The first kappa shape index (κ1) is 11.6. The third-order valence-corrected chi connectivity index (χ3v) is 3.24. The summed E-state index contributed by atoms with van der Waals surface area (Å²) < 4.78 is 2.18. The van der Waals surface area contributed by atoms with E-state index >= 15 is 0 Å². The molecule has 0 amide bonds. The molecule has 2 aromatic heterocycles. The minimum Gasteiger partial charge on any atom is -0.384 e. The van der Waals surface area contributed by atoms with E-state index in [1.165, 1.54) is 0 Å². The van der Waals surface area contributed by atoms with Crippen LogP contribution in [0.15, 0.2) is 30.9 Å². The topological polar surface area (TPSA) is 56.7 Å². The van der Waals surface area contributed by atoms with E-state index in [4.69, 9.17) is 5.73 Å². The minimum absolute atomic E-state index is 0.0488. The van der Waals surface area contributed by atoms with Crippen molar-refractivity contribution in [1.82, 2.24) is 14.5 Å². The summed E-state index contributed by atoms with van der Waals surface area (Å²) in [5.41, 5.74) is 7.76. The van der Waals surface area contributed by atoms with Gasteiger partial charge < -0.3 is 10.3 Å². The smallest absolute Gasteiger partial charge is 0.123 e. The number of nitrogens with two attached hydrogens (primary N) is 1. The van der Waals surface area contributed by atoms with Gasteiger partial charge in [-0.15, -0.1) is 0 Å². The molecule has 0 aliphatic carbocycles. The van der Waals surface area contributed by atoms with Gasteiger partial charge in [-0.1, -0.05) is 6.92 Å². The monoisotopic (exact) mass is 230 g/mol. The highest BCUT2D eigenvalue weighted by atomic mass is 15.1. The molecule has 0 aromatic carbocycles. The second-order valence-electron chi connectivity index (χ2n) is 4.79. The maximum absolute atomic E-state index is 5.60. The molecule has 17 heavy (non-hydrogen) atoms. The van der Waals surface area contributed by atoms with E-state index in [9.17, 15) is 0 Å². The van der Waals surface area contributed by atoms with Crippen LogP contribution in [0.4, 0.5) is 5.82 Å². The first-order valence-electron chi connectivity index (χ1n) is 5.79. The first-order valence-corrected chi connectivity index (χ1v) is 5.79. The highest BCUT2D eigenvalue weighted by Crippen LogP contribution is 2.27. The van der Waals surface area contributed by atoms with Gasteiger partial charge in [0.15, 0.2) is 0 Å². The summed E-state index contributed by atoms with van der Waals surface area (Å²) >= 11 is 0. The van der Waals surface area contributed by atoms with E-state index < -0.39 is 0 Å². The summed E-state index contributed by atoms with van der Waals surface area (Å²) in [5.74, 6) is 0.537. The van der Waals surface area contributed by atoms with Crippen molar-refractivity contribution >= 4 is 5.82 Å². The standard InChI is InChI=1S/C13H18N4/c1-4-13(2,3)17-9-15-8-11(17)10-5-6-12(14)16-7-10/h5-9H,4H2,1-3H3,(H2,14,16). The van der Waals surface area contributed by atoms with Crippen LogP contribution in [0.2, 0.25) is 0 Å². The van der Waals surface area contributed by atoms with E-state index in [1.807, 2.05) is 24.7 Å². The molecular formula is C13H18N4. The van der Waals surface area contributed by atoms with E-state index in [2.05, 4.69) is 35.3 Å². The number of hydrogen-bond acceptors (Lipinski definition) is 3. The number of pyridine rings is 1. The van der Waals surface area contributed by atoms with Crippen LogP contribution in [0, 0.1) is 0 Å². The van der Waals surface area contributed by atoms with Crippen molar-refractivity contribution in [2.45, 2.75) is 32.7 Å². The quantitative estimate of drug-likeness (QED) is 0.882. The molecule has 0 atom stereocenters. The van der Waals surface area contributed by atoms with Gasteiger partial charge in [-0.2, -0.15) is 0 Å². The summed E-state index contributed by atoms with van der Waals surface area (Å²) in [4.78, 5) is 8.36. The SMILES string of the molecule is CCC(C)(C)n1cncc1-c1ccc(N)nc1. The van der Waals surface area contributed by atoms with Gasteiger partial charge in [0, 0.05) is 17.3 Å². The second-order valence-corrected chi connectivity index (χ2v) is 4.79. The molecule has 2 rings (SSSR count). The van der Waals surface area contributed by atoms with Gasteiger partial charge in [-0.3, -0.25) is 0 Å². The van der Waals surface area contributed by atoms with Crippen molar-refractivity contribution in [3.8, 4) is 11.3 Å². The Morgan fingerprint density at radius 1 is 1.29 bits per heavy atom. The fraction of sp³-hybridized carbons (Fsp3) is 0.385. The molecule has 0 saturated carbocycles. The summed E-state index contributed by atoms with van der Waals surface area (Å²) in [6.07, 6.45) is 6.56. The van der Waals surface area contributed by atoms with Gasteiger partial charge in [0.1, 0.15) is 5.82 Å². The summed E-state index contributed by atoms with van der Waals surface area (Å²) in [5, 5.41) is 0. The largest absolute Gasteiger partial charge is 0.384 e. The minimum atomic E-state index is 0.0488. The Balaban J connectivity index is 2.47. The Morgan fingerprint density at radius 2 is 2.06 bits per heavy atom. The summed E-state index contributed by atoms with van der Waals surface area (Å²) in [6.45, 7) is 6.57. The molecule has 0 aliphatic heterocycles. The van der Waals surface area contributed by atoms with Crippen LogP contribution < -0.4 is 5.73 Å². The van der Waals surface area contributed by atoms with Crippen molar-refractivity contribution in [3.05, 3.63) is 30.9 Å². The Kier molecular flexibility index (Phi) is 2.88. The van der Waals surface area contributed by atoms with Crippen LogP contribution in [0.5, 0.6) is 0 Å². The Bertz CT molecular complexity index is 496. The number of nitrogen functional groups attached to an aromatic ring is 1. The first-order chi connectivity index (χ1) is 8.04. The molecule has 90 valence electrons. The fourth-order valence-electron chi connectivity index (χ4n) is 1.72. The van der Waals surface area contributed by atoms with Gasteiger partial charge in [-0.25, -0.2) is 9.97 Å². The summed E-state index contributed by atoms with van der Waals surface area (Å²) in [6, 6.07) is 3.78. The van der Waals surface area contributed by atoms with Gasteiger partial charge >= 0.3 is 0 Å². The average Bonchev–Trinajstić information content (AvgIpc) is 2.80. The van der Waals surface area contributed by atoms with Gasteiger partial charge in [-0.05, 0) is 32.4 Å². The van der Waals surface area contributed by atoms with Crippen molar-refractivity contribution in [2.75, 3.05) is 5.73 Å². The van der Waals surface area contributed by atoms with Crippen LogP contribution in [-0.4, -0.2) is 14.5 Å². The highest BCUT2D eigenvalue weighted by molar-refractivity contribution is 5.59. The molecule has 0 bridgehead atoms. The second kappa shape index (κ2) is 4.20. The molecular weight excluding hydrogens is 212 g/mol. The van der Waals surface area contributed by atoms with Crippen molar-refractivity contribution in [3.63, 3.8) is 0 Å². The van der Waals surface area contributed by atoms with Crippen molar-refractivity contribution < 1.29 is 0 Å². The number of anilines is 1. The third-order valence-electron chi connectivity index (χ3n) is 3.24. The lowest BCUT2D eigenvalue weighted by Gasteiger charge is -2.27. The number of rotatable bonds is 3. The predicted octanol–water partition coefficient (Wildman–Crippen LogP) is 2.67. The van der Waals surface area contributed by atoms with Crippen LogP contribution in [-0.2, 0) is 5.54 Å². The van der Waals surface area contributed by atoms with Crippen LogP contribution in [0.1, 0.15) is 27.2 Å². The molecule has 4 nitrogen and oxygen atoms in total. The zero-order valence-corrected chi connectivity index (χ0v) is 10.5. The number of aromatic nitrogens is 3. The molecule has 0 unspecified atom stereocenters. The van der Waals surface area contributed by atoms with E-state index in [0.29, 0.717) is 5.82 Å². The van der Waals surface area contributed by atoms with Crippen molar-refractivity contribution in [2.24, 2.45) is 0 Å². The molecule has 4 heteroatoms. The summed E-state index contributed by atoms with van der Waals surface area (Å²) in [7, 11) is 0. The molecule has 0 spiro atoms. The van der Waals surface area contributed by atoms with Crippen LogP contribution >= 0.6 is 0 Å². The van der Waals surface area contributed by atoms with Crippen LogP contribution in [0.25, 0.3) is 11.3 Å². The average molecular weight is 230 g/mol. The lowest BCUT2D eigenvalue weighted by molar-refractivity contribution is 0.345. The number of imidazole rings is 1. The Hall–Kier alpha value is -1.84. The zero-order chi connectivity index (χ0) is 12.5. The maximum atomic E-state index is 5.60. The number of nitrogens with zero attached hydrogens (tertiary/aromatic N) is 3. The molecule has 2 heterocycles. The molecule has 0 radical (unpaired) electrons. The highest BCUT2D eigenvalue weighted by Gasteiger charge is 2.20. The zero-order valence-electron chi connectivity index (χ0n) is 10.5. The van der Waals surface area contributed by atoms with Crippen LogP contribution in [0.3, 0.4) is 0 Å². The molecule has 0 aliphatic rings. The van der Waals surface area contributed by atoms with Gasteiger partial charge in [0.05, 0.1) is 18.2 Å². The Morgan fingerprint density at radius 3 is 2.65 bits per heavy atom.